The lowest BCUT2D eigenvalue weighted by atomic mass is 9.91. The fourth-order valence-corrected chi connectivity index (χ4v) is 3.56. The van der Waals surface area contributed by atoms with Crippen LogP contribution < -0.4 is 0 Å². The highest BCUT2D eigenvalue weighted by molar-refractivity contribution is 7.99. The monoisotopic (exact) mass is 277 g/mol. The molecule has 0 bridgehead atoms. The van der Waals surface area contributed by atoms with Gasteiger partial charge in [-0.25, -0.2) is 0 Å². The number of amides is 1. The molecule has 1 aromatic rings. The Balaban J connectivity index is 2.00. The lowest BCUT2D eigenvalue weighted by molar-refractivity contribution is -0.133. The van der Waals surface area contributed by atoms with E-state index in [1.54, 1.807) is 0 Å². The molecule has 0 N–H and O–H groups in total. The number of hydrogen-bond acceptors (Lipinski definition) is 2. The third kappa shape index (κ3) is 4.27. The molecule has 2 rings (SSSR count). The molecule has 1 saturated heterocycles. The second-order valence-corrected chi connectivity index (χ2v) is 7.66. The summed E-state index contributed by atoms with van der Waals surface area (Å²) in [6, 6.07) is 10.5. The minimum Gasteiger partial charge on any atom is -0.340 e. The summed E-state index contributed by atoms with van der Waals surface area (Å²) in [7, 11) is 0. The zero-order valence-corrected chi connectivity index (χ0v) is 12.9. The van der Waals surface area contributed by atoms with E-state index in [4.69, 9.17) is 0 Å². The van der Waals surface area contributed by atoms with E-state index >= 15 is 0 Å². The molecule has 1 atom stereocenters. The Hall–Kier alpha value is -0.960. The van der Waals surface area contributed by atoms with Crippen molar-refractivity contribution < 1.29 is 4.79 Å². The van der Waals surface area contributed by atoms with Crippen molar-refractivity contribution in [2.24, 2.45) is 5.41 Å². The van der Waals surface area contributed by atoms with Gasteiger partial charge in [0, 0.05) is 30.5 Å². The molecule has 0 spiro atoms. The van der Waals surface area contributed by atoms with Gasteiger partial charge in [0.25, 0.3) is 0 Å². The molecule has 0 radical (unpaired) electrons. The van der Waals surface area contributed by atoms with Gasteiger partial charge >= 0.3 is 0 Å². The third-order valence-electron chi connectivity index (χ3n) is 3.27. The van der Waals surface area contributed by atoms with Gasteiger partial charge in [-0.05, 0) is 11.0 Å². The highest BCUT2D eigenvalue weighted by atomic mass is 32.2. The fourth-order valence-electron chi connectivity index (χ4n) is 2.31. The van der Waals surface area contributed by atoms with Crippen LogP contribution in [0.25, 0.3) is 0 Å². The van der Waals surface area contributed by atoms with Crippen molar-refractivity contribution in [2.75, 3.05) is 18.8 Å². The Morgan fingerprint density at radius 1 is 1.32 bits per heavy atom. The first-order valence-corrected chi connectivity index (χ1v) is 7.95. The van der Waals surface area contributed by atoms with Gasteiger partial charge in [0.05, 0.1) is 0 Å². The smallest absolute Gasteiger partial charge is 0.223 e. The average molecular weight is 277 g/mol. The predicted molar refractivity (Wildman–Crippen MR) is 82.3 cm³/mol. The van der Waals surface area contributed by atoms with Crippen LogP contribution in [0.4, 0.5) is 0 Å². The molecule has 0 aliphatic carbocycles. The maximum Gasteiger partial charge on any atom is 0.223 e. The first-order valence-electron chi connectivity index (χ1n) is 6.90. The number of carbonyl (C=O) groups is 1. The van der Waals surface area contributed by atoms with Gasteiger partial charge in [-0.15, -0.1) is 0 Å². The Bertz CT molecular complexity index is 424. The number of hydrogen-bond donors (Lipinski definition) is 0. The molecule has 1 aliphatic rings. The van der Waals surface area contributed by atoms with Crippen molar-refractivity contribution in [3.63, 3.8) is 0 Å². The molecule has 1 aromatic carbocycles. The van der Waals surface area contributed by atoms with Crippen molar-refractivity contribution >= 4 is 17.7 Å². The van der Waals surface area contributed by atoms with Gasteiger partial charge in [-0.1, -0.05) is 51.1 Å². The Labute approximate surface area is 120 Å². The molecule has 1 unspecified atom stereocenters. The van der Waals surface area contributed by atoms with E-state index in [1.165, 1.54) is 5.56 Å². The summed E-state index contributed by atoms with van der Waals surface area (Å²) in [6.07, 6.45) is 0.638. The summed E-state index contributed by atoms with van der Waals surface area (Å²) in [5.41, 5.74) is 1.41. The first kappa shape index (κ1) is 14.4. The van der Waals surface area contributed by atoms with Crippen molar-refractivity contribution in [2.45, 2.75) is 32.4 Å². The minimum absolute atomic E-state index is 0.0733. The lowest BCUT2D eigenvalue weighted by Gasteiger charge is -2.34. The average Bonchev–Trinajstić information content (AvgIpc) is 2.38. The predicted octanol–water partition coefficient (Wildman–Crippen LogP) is 3.74. The summed E-state index contributed by atoms with van der Waals surface area (Å²) in [5.74, 6) is 1.34. The van der Waals surface area contributed by atoms with E-state index < -0.39 is 0 Å². The summed E-state index contributed by atoms with van der Waals surface area (Å²) < 4.78 is 0. The zero-order chi connectivity index (χ0) is 13.9. The van der Waals surface area contributed by atoms with E-state index in [0.717, 1.165) is 18.8 Å². The van der Waals surface area contributed by atoms with Gasteiger partial charge < -0.3 is 4.90 Å². The van der Waals surface area contributed by atoms with Crippen molar-refractivity contribution in [1.82, 2.24) is 4.90 Å². The second-order valence-electron chi connectivity index (χ2n) is 6.35. The summed E-state index contributed by atoms with van der Waals surface area (Å²) in [5, 5.41) is 0.430. The zero-order valence-electron chi connectivity index (χ0n) is 12.1. The third-order valence-corrected chi connectivity index (χ3v) is 4.51. The highest BCUT2D eigenvalue weighted by Gasteiger charge is 2.27. The topological polar surface area (TPSA) is 20.3 Å². The summed E-state index contributed by atoms with van der Waals surface area (Å²) >= 11 is 1.96. The fraction of sp³-hybridized carbons (Fsp3) is 0.562. The maximum absolute atomic E-state index is 12.3. The molecule has 1 amide bonds. The number of benzene rings is 1. The lowest BCUT2D eigenvalue weighted by Crippen LogP contribution is -2.40. The standard InChI is InChI=1S/C16H23NOS/c1-16(2,3)11-15(18)17-9-10-19-14(12-17)13-7-5-4-6-8-13/h4-8,14H,9-12H2,1-3H3. The molecule has 2 nitrogen and oxygen atoms in total. The van der Waals surface area contributed by atoms with Crippen LogP contribution in [0.15, 0.2) is 30.3 Å². The Kier molecular flexibility index (Phi) is 4.56. The van der Waals surface area contributed by atoms with Gasteiger partial charge in [0.1, 0.15) is 0 Å². The molecule has 1 aliphatic heterocycles. The van der Waals surface area contributed by atoms with E-state index in [0.29, 0.717) is 17.6 Å². The van der Waals surface area contributed by atoms with Crippen LogP contribution in [0.3, 0.4) is 0 Å². The molecule has 104 valence electrons. The minimum atomic E-state index is 0.0733. The highest BCUT2D eigenvalue weighted by Crippen LogP contribution is 2.33. The molecule has 1 heterocycles. The van der Waals surface area contributed by atoms with Crippen LogP contribution in [0.5, 0.6) is 0 Å². The molecule has 0 saturated carbocycles. The van der Waals surface area contributed by atoms with E-state index in [2.05, 4.69) is 45.0 Å². The number of carbonyl (C=O) groups excluding carboxylic acids is 1. The molecule has 0 aromatic heterocycles. The van der Waals surface area contributed by atoms with Crippen LogP contribution in [-0.4, -0.2) is 29.6 Å². The van der Waals surface area contributed by atoms with Gasteiger partial charge in [-0.3, -0.25) is 4.79 Å². The summed E-state index contributed by atoms with van der Waals surface area (Å²) in [6.45, 7) is 8.11. The van der Waals surface area contributed by atoms with Crippen LogP contribution in [-0.2, 0) is 4.79 Å². The number of rotatable bonds is 2. The van der Waals surface area contributed by atoms with Crippen LogP contribution >= 0.6 is 11.8 Å². The van der Waals surface area contributed by atoms with Crippen LogP contribution in [0.2, 0.25) is 0 Å². The largest absolute Gasteiger partial charge is 0.340 e. The van der Waals surface area contributed by atoms with Crippen molar-refractivity contribution in [3.05, 3.63) is 35.9 Å². The van der Waals surface area contributed by atoms with Crippen molar-refractivity contribution in [3.8, 4) is 0 Å². The maximum atomic E-state index is 12.3. The summed E-state index contributed by atoms with van der Waals surface area (Å²) in [4.78, 5) is 14.3. The van der Waals surface area contributed by atoms with Crippen LogP contribution in [0.1, 0.15) is 38.0 Å². The molecular weight excluding hydrogens is 254 g/mol. The Morgan fingerprint density at radius 2 is 2.00 bits per heavy atom. The molecule has 3 heteroatoms. The van der Waals surface area contributed by atoms with E-state index in [9.17, 15) is 4.79 Å². The SMILES string of the molecule is CC(C)(C)CC(=O)N1CCSC(c2ccccc2)C1. The second kappa shape index (κ2) is 6.00. The van der Waals surface area contributed by atoms with E-state index in [1.807, 2.05) is 22.7 Å². The molecular formula is C16H23NOS. The Morgan fingerprint density at radius 3 is 2.63 bits per heavy atom. The first-order chi connectivity index (χ1) is 8.96. The van der Waals surface area contributed by atoms with Gasteiger partial charge in [0.15, 0.2) is 0 Å². The van der Waals surface area contributed by atoms with Gasteiger partial charge in [0.2, 0.25) is 5.91 Å². The number of thioether (sulfide) groups is 1. The molecule has 19 heavy (non-hydrogen) atoms. The number of nitrogens with zero attached hydrogens (tertiary/aromatic N) is 1. The van der Waals surface area contributed by atoms with Crippen LogP contribution in [0, 0.1) is 5.41 Å². The van der Waals surface area contributed by atoms with Crippen molar-refractivity contribution in [1.29, 1.82) is 0 Å². The normalized spacial score (nSPS) is 20.4. The molecule has 1 fully saturated rings. The quantitative estimate of drug-likeness (QED) is 0.821. The van der Waals surface area contributed by atoms with E-state index in [-0.39, 0.29) is 5.41 Å². The van der Waals surface area contributed by atoms with Gasteiger partial charge in [-0.2, -0.15) is 11.8 Å².